The van der Waals surface area contributed by atoms with Gasteiger partial charge in [0.25, 0.3) is 0 Å². The normalized spacial score (nSPS) is 24.1. The van der Waals surface area contributed by atoms with Crippen molar-refractivity contribution in [1.29, 1.82) is 0 Å². The number of alkyl halides is 1. The Morgan fingerprint density at radius 3 is 2.67 bits per heavy atom. The third-order valence-electron chi connectivity index (χ3n) is 3.64. The molecule has 3 rings (SSSR count). The van der Waals surface area contributed by atoms with Gasteiger partial charge >= 0.3 is 0 Å². The second-order valence-corrected chi connectivity index (χ2v) is 5.99. The molecule has 0 radical (unpaired) electrons. The van der Waals surface area contributed by atoms with E-state index in [-0.39, 0.29) is 0 Å². The molecule has 0 spiro atoms. The molecular formula is C14H16BrN3. The van der Waals surface area contributed by atoms with Crippen LogP contribution in [0.5, 0.6) is 0 Å². The quantitative estimate of drug-likeness (QED) is 0.792. The van der Waals surface area contributed by atoms with E-state index in [9.17, 15) is 0 Å². The van der Waals surface area contributed by atoms with Crippen molar-refractivity contribution in [2.45, 2.75) is 36.4 Å². The molecule has 3 nitrogen and oxygen atoms in total. The molecule has 1 fully saturated rings. The minimum atomic E-state index is 0.522. The van der Waals surface area contributed by atoms with Gasteiger partial charge in [-0.3, -0.25) is 0 Å². The average molecular weight is 306 g/mol. The highest BCUT2D eigenvalue weighted by molar-refractivity contribution is 9.09. The first-order valence-corrected chi connectivity index (χ1v) is 7.38. The van der Waals surface area contributed by atoms with Crippen LogP contribution < -0.4 is 0 Å². The zero-order valence-corrected chi connectivity index (χ0v) is 11.8. The molecule has 18 heavy (non-hydrogen) atoms. The van der Waals surface area contributed by atoms with Crippen LogP contribution in [0, 0.1) is 0 Å². The zero-order chi connectivity index (χ0) is 12.4. The van der Waals surface area contributed by atoms with Crippen molar-refractivity contribution in [3.63, 3.8) is 0 Å². The van der Waals surface area contributed by atoms with E-state index in [1.54, 1.807) is 0 Å². The summed E-state index contributed by atoms with van der Waals surface area (Å²) in [5.74, 6) is 0.522. The van der Waals surface area contributed by atoms with E-state index in [4.69, 9.17) is 0 Å². The van der Waals surface area contributed by atoms with Crippen LogP contribution in [-0.2, 0) is 0 Å². The molecule has 1 aliphatic rings. The van der Waals surface area contributed by atoms with Crippen molar-refractivity contribution >= 4 is 15.9 Å². The minimum Gasteiger partial charge on any atom is -0.217 e. The molecule has 0 aliphatic heterocycles. The van der Waals surface area contributed by atoms with E-state index in [0.717, 1.165) is 5.69 Å². The molecule has 1 aromatic carbocycles. The summed E-state index contributed by atoms with van der Waals surface area (Å²) in [6, 6.07) is 10.2. The third kappa shape index (κ3) is 2.21. The van der Waals surface area contributed by atoms with Crippen LogP contribution in [0.25, 0.3) is 5.69 Å². The number of aromatic nitrogens is 3. The Kier molecular flexibility index (Phi) is 3.46. The first-order chi connectivity index (χ1) is 8.86. The lowest BCUT2D eigenvalue weighted by Gasteiger charge is -2.27. The molecule has 1 aliphatic carbocycles. The fourth-order valence-electron chi connectivity index (χ4n) is 2.68. The van der Waals surface area contributed by atoms with Crippen molar-refractivity contribution in [2.24, 2.45) is 0 Å². The molecule has 4 heteroatoms. The molecular weight excluding hydrogens is 290 g/mol. The highest BCUT2D eigenvalue weighted by Crippen LogP contribution is 2.37. The summed E-state index contributed by atoms with van der Waals surface area (Å²) in [6.07, 6.45) is 6.99. The van der Waals surface area contributed by atoms with Crippen LogP contribution in [0.3, 0.4) is 0 Å². The number of para-hydroxylation sites is 1. The molecule has 1 saturated carbocycles. The third-order valence-corrected chi connectivity index (χ3v) is 4.73. The van der Waals surface area contributed by atoms with Gasteiger partial charge in [-0.15, -0.1) is 5.10 Å². The fourth-order valence-corrected chi connectivity index (χ4v) is 3.54. The van der Waals surface area contributed by atoms with Gasteiger partial charge in [0.15, 0.2) is 0 Å². The SMILES string of the molecule is BrC1CCCCC1c1cnnn1-c1ccccc1. The van der Waals surface area contributed by atoms with Gasteiger partial charge in [0.1, 0.15) is 0 Å². The van der Waals surface area contributed by atoms with Crippen LogP contribution in [0.15, 0.2) is 36.5 Å². The second kappa shape index (κ2) is 5.22. The Morgan fingerprint density at radius 1 is 1.11 bits per heavy atom. The van der Waals surface area contributed by atoms with E-state index in [1.165, 1.54) is 31.4 Å². The van der Waals surface area contributed by atoms with E-state index in [2.05, 4.69) is 38.4 Å². The fraction of sp³-hybridized carbons (Fsp3) is 0.429. The number of hydrogen-bond donors (Lipinski definition) is 0. The van der Waals surface area contributed by atoms with Gasteiger partial charge in [0.2, 0.25) is 0 Å². The second-order valence-electron chi connectivity index (χ2n) is 4.81. The van der Waals surface area contributed by atoms with Gasteiger partial charge in [-0.05, 0) is 25.0 Å². The Morgan fingerprint density at radius 2 is 1.89 bits per heavy atom. The van der Waals surface area contributed by atoms with Crippen molar-refractivity contribution in [2.75, 3.05) is 0 Å². The van der Waals surface area contributed by atoms with Gasteiger partial charge in [-0.25, -0.2) is 4.68 Å². The summed E-state index contributed by atoms with van der Waals surface area (Å²) < 4.78 is 1.98. The summed E-state index contributed by atoms with van der Waals surface area (Å²) in [4.78, 5) is 0.548. The molecule has 2 atom stereocenters. The minimum absolute atomic E-state index is 0.522. The lowest BCUT2D eigenvalue weighted by Crippen LogP contribution is -2.20. The molecule has 0 amide bonds. The molecule has 0 bridgehead atoms. The molecule has 94 valence electrons. The van der Waals surface area contributed by atoms with Crippen LogP contribution in [0.1, 0.15) is 37.3 Å². The van der Waals surface area contributed by atoms with Gasteiger partial charge < -0.3 is 0 Å². The highest BCUT2D eigenvalue weighted by atomic mass is 79.9. The van der Waals surface area contributed by atoms with E-state index in [1.807, 2.05) is 29.1 Å². The highest BCUT2D eigenvalue weighted by Gasteiger charge is 2.27. The maximum atomic E-state index is 4.24. The molecule has 2 aromatic rings. The van der Waals surface area contributed by atoms with Crippen molar-refractivity contribution in [3.8, 4) is 5.69 Å². The molecule has 0 saturated heterocycles. The van der Waals surface area contributed by atoms with Gasteiger partial charge in [0, 0.05) is 10.7 Å². The largest absolute Gasteiger partial charge is 0.217 e. The Bertz CT molecular complexity index is 509. The summed E-state index contributed by atoms with van der Waals surface area (Å²) >= 11 is 3.81. The van der Waals surface area contributed by atoms with E-state index >= 15 is 0 Å². The zero-order valence-electron chi connectivity index (χ0n) is 10.2. The molecule has 0 N–H and O–H groups in total. The molecule has 1 aromatic heterocycles. The maximum Gasteiger partial charge on any atom is 0.0733 e. The summed E-state index contributed by atoms with van der Waals surface area (Å²) in [7, 11) is 0. The van der Waals surface area contributed by atoms with Crippen LogP contribution >= 0.6 is 15.9 Å². The molecule has 2 unspecified atom stereocenters. The van der Waals surface area contributed by atoms with Crippen molar-refractivity contribution < 1.29 is 0 Å². The topological polar surface area (TPSA) is 30.7 Å². The first-order valence-electron chi connectivity index (χ1n) is 6.46. The average Bonchev–Trinajstić information content (AvgIpc) is 2.89. The van der Waals surface area contributed by atoms with Crippen LogP contribution in [-0.4, -0.2) is 19.8 Å². The number of rotatable bonds is 2. The lowest BCUT2D eigenvalue weighted by molar-refractivity contribution is 0.446. The predicted octanol–water partition coefficient (Wildman–Crippen LogP) is 3.69. The summed E-state index contributed by atoms with van der Waals surface area (Å²) in [5, 5.41) is 8.34. The number of hydrogen-bond acceptors (Lipinski definition) is 2. The number of halogens is 1. The molecule has 1 heterocycles. The predicted molar refractivity (Wildman–Crippen MR) is 75.3 cm³/mol. The van der Waals surface area contributed by atoms with Gasteiger partial charge in [-0.1, -0.05) is 52.2 Å². The van der Waals surface area contributed by atoms with E-state index < -0.39 is 0 Å². The lowest BCUT2D eigenvalue weighted by atomic mass is 9.87. The standard InChI is InChI=1S/C14H16BrN3/c15-13-9-5-4-8-12(13)14-10-16-17-18(14)11-6-2-1-3-7-11/h1-3,6-7,10,12-13H,4-5,8-9H2. The van der Waals surface area contributed by atoms with Crippen molar-refractivity contribution in [1.82, 2.24) is 15.0 Å². The Labute approximate surface area is 115 Å². The van der Waals surface area contributed by atoms with Crippen LogP contribution in [0.4, 0.5) is 0 Å². The first kappa shape index (κ1) is 11.9. The van der Waals surface area contributed by atoms with Crippen molar-refractivity contribution in [3.05, 3.63) is 42.2 Å². The summed E-state index contributed by atoms with van der Waals surface area (Å²) in [5.41, 5.74) is 2.32. The Balaban J connectivity index is 1.96. The van der Waals surface area contributed by atoms with E-state index in [0.29, 0.717) is 10.7 Å². The van der Waals surface area contributed by atoms with Gasteiger partial charge in [0.05, 0.1) is 17.6 Å². The van der Waals surface area contributed by atoms with Gasteiger partial charge in [-0.2, -0.15) is 0 Å². The number of benzene rings is 1. The smallest absolute Gasteiger partial charge is 0.0733 e. The monoisotopic (exact) mass is 305 g/mol. The summed E-state index contributed by atoms with van der Waals surface area (Å²) in [6.45, 7) is 0. The Hall–Kier alpha value is -1.16. The number of nitrogens with zero attached hydrogens (tertiary/aromatic N) is 3. The maximum absolute atomic E-state index is 4.24. The van der Waals surface area contributed by atoms with Crippen LogP contribution in [0.2, 0.25) is 0 Å².